The third kappa shape index (κ3) is 46.3. The van der Waals surface area contributed by atoms with Crippen LogP contribution < -0.4 is 0 Å². The van der Waals surface area contributed by atoms with Crippen LogP contribution in [0.3, 0.4) is 0 Å². The first-order chi connectivity index (χ1) is 28.6. The molecule has 0 aliphatic heterocycles. The van der Waals surface area contributed by atoms with E-state index in [2.05, 4.69) is 81.5 Å². The molecule has 0 bridgehead atoms. The van der Waals surface area contributed by atoms with E-state index >= 15 is 0 Å². The summed E-state index contributed by atoms with van der Waals surface area (Å²) in [5.74, 6) is -0.412. The number of hydrogen-bond acceptors (Lipinski definition) is 5. The zero-order valence-corrected chi connectivity index (χ0v) is 38.6. The van der Waals surface area contributed by atoms with E-state index in [1.165, 1.54) is 128 Å². The van der Waals surface area contributed by atoms with Crippen LogP contribution in [0.25, 0.3) is 0 Å². The Morgan fingerprint density at radius 3 is 1.31 bits per heavy atom. The van der Waals surface area contributed by atoms with Crippen molar-refractivity contribution in [2.75, 3.05) is 19.8 Å². The summed E-state index contributed by atoms with van der Waals surface area (Å²) in [7, 11) is 0. The molecule has 0 heterocycles. The molecule has 336 valence electrons. The zero-order chi connectivity index (χ0) is 42.1. The topological polar surface area (TPSA) is 61.8 Å². The Kier molecular flexibility index (Phi) is 46.9. The molecule has 0 aromatic carbocycles. The second-order valence-corrected chi connectivity index (χ2v) is 16.3. The van der Waals surface area contributed by atoms with Crippen molar-refractivity contribution in [2.24, 2.45) is 0 Å². The van der Waals surface area contributed by atoms with Gasteiger partial charge in [-0.25, -0.2) is 0 Å². The van der Waals surface area contributed by atoms with Crippen LogP contribution in [0.1, 0.15) is 239 Å². The average Bonchev–Trinajstić information content (AvgIpc) is 3.22. The number of allylic oxidation sites excluding steroid dienone is 10. The van der Waals surface area contributed by atoms with Gasteiger partial charge in [-0.2, -0.15) is 0 Å². The molecule has 0 aromatic rings. The molecule has 58 heavy (non-hydrogen) atoms. The summed E-state index contributed by atoms with van der Waals surface area (Å²) in [6.45, 7) is 7.67. The Hall–Kier alpha value is -2.40. The highest BCUT2D eigenvalue weighted by molar-refractivity contribution is 5.70. The molecule has 5 heteroatoms. The Morgan fingerprint density at radius 2 is 0.793 bits per heavy atom. The second-order valence-electron chi connectivity index (χ2n) is 16.3. The van der Waals surface area contributed by atoms with E-state index in [-0.39, 0.29) is 25.2 Å². The van der Waals surface area contributed by atoms with Crippen molar-refractivity contribution in [2.45, 2.75) is 245 Å². The van der Waals surface area contributed by atoms with E-state index < -0.39 is 6.10 Å². The van der Waals surface area contributed by atoms with Crippen LogP contribution in [0.15, 0.2) is 60.8 Å². The predicted molar refractivity (Wildman–Crippen MR) is 251 cm³/mol. The minimum Gasteiger partial charge on any atom is -0.462 e. The predicted octanol–water partition coefficient (Wildman–Crippen LogP) is 16.6. The molecule has 0 amide bonds. The highest BCUT2D eigenvalue weighted by Gasteiger charge is 2.17. The highest BCUT2D eigenvalue weighted by atomic mass is 16.6. The number of carbonyl (C=O) groups is 2. The lowest BCUT2D eigenvalue weighted by molar-refractivity contribution is -0.163. The summed E-state index contributed by atoms with van der Waals surface area (Å²) in [5.41, 5.74) is 0. The van der Waals surface area contributed by atoms with Crippen LogP contribution in [-0.4, -0.2) is 37.9 Å². The first kappa shape index (κ1) is 55.6. The van der Waals surface area contributed by atoms with Crippen molar-refractivity contribution in [3.63, 3.8) is 0 Å². The molecule has 0 aliphatic carbocycles. The van der Waals surface area contributed by atoms with E-state index in [0.29, 0.717) is 19.4 Å². The maximum Gasteiger partial charge on any atom is 0.306 e. The van der Waals surface area contributed by atoms with Crippen LogP contribution in [0.4, 0.5) is 0 Å². The van der Waals surface area contributed by atoms with E-state index in [1.54, 1.807) is 0 Å². The lowest BCUT2D eigenvalue weighted by Gasteiger charge is -2.18. The van der Waals surface area contributed by atoms with E-state index in [4.69, 9.17) is 14.2 Å². The Labute approximate surface area is 360 Å². The van der Waals surface area contributed by atoms with Gasteiger partial charge in [0, 0.05) is 19.4 Å². The maximum atomic E-state index is 12.7. The molecule has 0 saturated heterocycles. The molecule has 0 spiro atoms. The molecule has 1 unspecified atom stereocenters. The van der Waals surface area contributed by atoms with Gasteiger partial charge in [-0.1, -0.05) is 210 Å². The minimum absolute atomic E-state index is 0.0764. The van der Waals surface area contributed by atoms with E-state index in [0.717, 1.165) is 77.0 Å². The minimum atomic E-state index is -0.542. The number of ether oxygens (including phenoxy) is 3. The van der Waals surface area contributed by atoms with Crippen LogP contribution in [0, 0.1) is 0 Å². The fourth-order valence-corrected chi connectivity index (χ4v) is 6.83. The van der Waals surface area contributed by atoms with Crippen molar-refractivity contribution >= 4 is 11.9 Å². The normalized spacial score (nSPS) is 12.7. The van der Waals surface area contributed by atoms with Crippen LogP contribution in [0.5, 0.6) is 0 Å². The van der Waals surface area contributed by atoms with Gasteiger partial charge in [0.2, 0.25) is 0 Å². The Balaban J connectivity index is 4.24. The molecular weight excluding hydrogens is 717 g/mol. The Morgan fingerprint density at radius 1 is 0.397 bits per heavy atom. The molecule has 0 aliphatic rings. The second kappa shape index (κ2) is 49.0. The summed E-state index contributed by atoms with van der Waals surface area (Å²) in [6, 6.07) is 0. The van der Waals surface area contributed by atoms with Gasteiger partial charge in [-0.05, 0) is 77.0 Å². The fraction of sp³-hybridized carbons (Fsp3) is 0.774. The van der Waals surface area contributed by atoms with Gasteiger partial charge in [-0.15, -0.1) is 0 Å². The van der Waals surface area contributed by atoms with Crippen molar-refractivity contribution < 1.29 is 23.8 Å². The lowest BCUT2D eigenvalue weighted by Crippen LogP contribution is -2.30. The van der Waals surface area contributed by atoms with Crippen molar-refractivity contribution in [1.29, 1.82) is 0 Å². The van der Waals surface area contributed by atoms with Crippen molar-refractivity contribution in [1.82, 2.24) is 0 Å². The summed E-state index contributed by atoms with van der Waals surface area (Å²) >= 11 is 0. The van der Waals surface area contributed by atoms with Gasteiger partial charge < -0.3 is 14.2 Å². The molecule has 0 N–H and O–H groups in total. The van der Waals surface area contributed by atoms with Crippen LogP contribution >= 0.6 is 0 Å². The molecule has 0 saturated carbocycles. The summed E-state index contributed by atoms with van der Waals surface area (Å²) in [4.78, 5) is 25.3. The van der Waals surface area contributed by atoms with Gasteiger partial charge in [-0.3, -0.25) is 9.59 Å². The van der Waals surface area contributed by atoms with Crippen LogP contribution in [-0.2, 0) is 23.8 Å². The first-order valence-corrected chi connectivity index (χ1v) is 24.8. The largest absolute Gasteiger partial charge is 0.462 e. The van der Waals surface area contributed by atoms with E-state index in [1.807, 2.05) is 0 Å². The number of carbonyl (C=O) groups excluding carboxylic acids is 2. The smallest absolute Gasteiger partial charge is 0.306 e. The SMILES string of the molecule is CC/C=C\C/C=C\C/C=C\C/C=C\CCCCCCCCC(=O)OCC(COCCCCCCCC/C=C\CCCC)OC(=O)CCCCCCCCCCCCC. The quantitative estimate of drug-likeness (QED) is 0.0348. The standard InChI is InChI=1S/C53H94O5/c1-4-7-10-13-16-19-22-24-25-26-27-28-29-30-32-34-37-40-43-46-52(54)57-50-51(49-56-48-45-42-39-36-33-23-20-17-14-11-8-5-2)58-53(55)47-44-41-38-35-31-21-18-15-12-9-6-3/h7,10,14,16-17,19,24-25,27-28,51H,4-6,8-9,11-13,15,18,20-23,26,29-50H2,1-3H3/b10-7-,17-14-,19-16-,25-24-,28-27-. The van der Waals surface area contributed by atoms with Gasteiger partial charge in [0.1, 0.15) is 6.61 Å². The molecule has 0 rings (SSSR count). The summed E-state index contributed by atoms with van der Waals surface area (Å²) in [5, 5.41) is 0. The summed E-state index contributed by atoms with van der Waals surface area (Å²) < 4.78 is 17.3. The molecule has 0 aromatic heterocycles. The molecule has 1 atom stereocenters. The van der Waals surface area contributed by atoms with Crippen LogP contribution in [0.2, 0.25) is 0 Å². The van der Waals surface area contributed by atoms with Crippen molar-refractivity contribution in [3.8, 4) is 0 Å². The molecular formula is C53H94O5. The average molecular weight is 811 g/mol. The number of unbranched alkanes of at least 4 members (excludes halogenated alkanes) is 24. The fourth-order valence-electron chi connectivity index (χ4n) is 6.83. The Bertz CT molecular complexity index is 1010. The lowest BCUT2D eigenvalue weighted by atomic mass is 10.1. The third-order valence-electron chi connectivity index (χ3n) is 10.5. The van der Waals surface area contributed by atoms with Gasteiger partial charge in [0.25, 0.3) is 0 Å². The maximum absolute atomic E-state index is 12.7. The highest BCUT2D eigenvalue weighted by Crippen LogP contribution is 2.14. The number of esters is 2. The summed E-state index contributed by atoms with van der Waals surface area (Å²) in [6.07, 6.45) is 60.8. The molecule has 0 radical (unpaired) electrons. The zero-order valence-electron chi connectivity index (χ0n) is 38.6. The van der Waals surface area contributed by atoms with Gasteiger partial charge in [0.05, 0.1) is 6.61 Å². The van der Waals surface area contributed by atoms with E-state index in [9.17, 15) is 9.59 Å². The molecule has 0 fully saturated rings. The third-order valence-corrected chi connectivity index (χ3v) is 10.5. The monoisotopic (exact) mass is 811 g/mol. The first-order valence-electron chi connectivity index (χ1n) is 24.8. The van der Waals surface area contributed by atoms with Gasteiger partial charge in [0.15, 0.2) is 6.10 Å². The van der Waals surface area contributed by atoms with Crippen molar-refractivity contribution in [3.05, 3.63) is 60.8 Å². The number of hydrogen-bond donors (Lipinski definition) is 0. The van der Waals surface area contributed by atoms with Gasteiger partial charge >= 0.3 is 11.9 Å². The number of rotatable bonds is 45. The molecule has 5 nitrogen and oxygen atoms in total.